The Morgan fingerprint density at radius 2 is 1.57 bits per heavy atom. The molecule has 0 saturated carbocycles. The fourth-order valence-corrected chi connectivity index (χ4v) is 2.95. The lowest BCUT2D eigenvalue weighted by Crippen LogP contribution is -2.00. The van der Waals surface area contributed by atoms with E-state index in [0.29, 0.717) is 12.0 Å². The lowest BCUT2D eigenvalue weighted by Gasteiger charge is -2.12. The molecule has 0 amide bonds. The maximum atomic E-state index is 13.6. The molecule has 21 heavy (non-hydrogen) atoms. The molecule has 120 valence electrons. The quantitative estimate of drug-likeness (QED) is 0.445. The van der Waals surface area contributed by atoms with E-state index in [2.05, 4.69) is 22.9 Å². The van der Waals surface area contributed by atoms with Crippen LogP contribution in [0.1, 0.15) is 82.8 Å². The second-order valence-electron chi connectivity index (χ2n) is 5.80. The minimum absolute atomic E-state index is 0.318. The van der Waals surface area contributed by atoms with Crippen molar-refractivity contribution in [2.75, 3.05) is 0 Å². The van der Waals surface area contributed by atoms with E-state index < -0.39 is 6.10 Å². The highest BCUT2D eigenvalue weighted by Crippen LogP contribution is 2.25. The average Bonchev–Trinajstić information content (AvgIpc) is 2.48. The molecule has 1 N–H and O–H groups in total. The van der Waals surface area contributed by atoms with Gasteiger partial charge < -0.3 is 5.11 Å². The predicted molar refractivity (Wildman–Crippen MR) is 90.9 cm³/mol. The fraction of sp³-hybridized carbons (Fsp3) is 0.667. The van der Waals surface area contributed by atoms with Crippen molar-refractivity contribution in [3.63, 3.8) is 0 Å². The molecule has 1 rings (SSSR count). The summed E-state index contributed by atoms with van der Waals surface area (Å²) in [5.41, 5.74) is 0.406. The van der Waals surface area contributed by atoms with Crippen LogP contribution in [-0.4, -0.2) is 5.11 Å². The molecule has 0 fully saturated rings. The third kappa shape index (κ3) is 7.96. The number of aliphatic hydroxyl groups excluding tert-OH is 1. The second-order valence-corrected chi connectivity index (χ2v) is 6.71. The molecule has 1 unspecified atom stereocenters. The highest BCUT2D eigenvalue weighted by molar-refractivity contribution is 9.10. The number of hydrogen-bond donors (Lipinski definition) is 1. The monoisotopic (exact) mass is 358 g/mol. The number of benzene rings is 1. The smallest absolute Gasteiger partial charge is 0.129 e. The molecular formula is C18H28BrFO. The van der Waals surface area contributed by atoms with E-state index in [4.69, 9.17) is 0 Å². The van der Waals surface area contributed by atoms with Gasteiger partial charge in [-0.15, -0.1) is 0 Å². The molecule has 0 spiro atoms. The van der Waals surface area contributed by atoms with Gasteiger partial charge in [0.1, 0.15) is 5.82 Å². The van der Waals surface area contributed by atoms with E-state index in [1.54, 1.807) is 12.1 Å². The van der Waals surface area contributed by atoms with Gasteiger partial charge in [0, 0.05) is 10.0 Å². The maximum Gasteiger partial charge on any atom is 0.129 e. The lowest BCUT2D eigenvalue weighted by atomic mass is 10.0. The van der Waals surface area contributed by atoms with Crippen LogP contribution < -0.4 is 0 Å². The van der Waals surface area contributed by atoms with E-state index >= 15 is 0 Å². The Kier molecular flexibility index (Phi) is 9.94. The first kappa shape index (κ1) is 18.6. The van der Waals surface area contributed by atoms with Gasteiger partial charge in [-0.2, -0.15) is 0 Å². The summed E-state index contributed by atoms with van der Waals surface area (Å²) < 4.78 is 14.4. The highest BCUT2D eigenvalue weighted by atomic mass is 79.9. The molecule has 1 nitrogen and oxygen atoms in total. The summed E-state index contributed by atoms with van der Waals surface area (Å²) in [6, 6.07) is 4.73. The number of hydrogen-bond acceptors (Lipinski definition) is 1. The van der Waals surface area contributed by atoms with Gasteiger partial charge >= 0.3 is 0 Å². The largest absolute Gasteiger partial charge is 0.388 e. The van der Waals surface area contributed by atoms with Crippen LogP contribution in [0.4, 0.5) is 4.39 Å². The zero-order valence-corrected chi connectivity index (χ0v) is 14.7. The Bertz CT molecular complexity index is 395. The summed E-state index contributed by atoms with van der Waals surface area (Å²) >= 11 is 3.31. The molecule has 0 aromatic heterocycles. The van der Waals surface area contributed by atoms with Crippen LogP contribution in [0.5, 0.6) is 0 Å². The van der Waals surface area contributed by atoms with Gasteiger partial charge in [0.15, 0.2) is 0 Å². The lowest BCUT2D eigenvalue weighted by molar-refractivity contribution is 0.158. The van der Waals surface area contributed by atoms with Crippen molar-refractivity contribution >= 4 is 15.9 Å². The first-order chi connectivity index (χ1) is 10.1. The van der Waals surface area contributed by atoms with Crippen LogP contribution in [0.3, 0.4) is 0 Å². The Labute approximate surface area is 137 Å². The molecular weight excluding hydrogens is 331 g/mol. The zero-order chi connectivity index (χ0) is 15.5. The van der Waals surface area contributed by atoms with Crippen molar-refractivity contribution in [2.45, 2.75) is 77.2 Å². The van der Waals surface area contributed by atoms with Crippen LogP contribution in [0.25, 0.3) is 0 Å². The van der Waals surface area contributed by atoms with Gasteiger partial charge in [-0.25, -0.2) is 4.39 Å². The van der Waals surface area contributed by atoms with Crippen LogP contribution in [-0.2, 0) is 0 Å². The van der Waals surface area contributed by atoms with Crippen molar-refractivity contribution in [3.8, 4) is 0 Å². The average molecular weight is 359 g/mol. The summed E-state index contributed by atoms with van der Waals surface area (Å²) in [5.74, 6) is -0.318. The standard InChI is InChI=1S/C18H28BrFO/c1-2-3-4-5-6-7-8-9-10-11-18(21)16-14-15(19)12-13-17(16)20/h12-14,18,21H,2-11H2,1H3. The summed E-state index contributed by atoms with van der Waals surface area (Å²) in [4.78, 5) is 0. The van der Waals surface area contributed by atoms with E-state index in [0.717, 1.165) is 17.3 Å². The minimum atomic E-state index is -0.688. The molecule has 3 heteroatoms. The van der Waals surface area contributed by atoms with Crippen molar-refractivity contribution in [2.24, 2.45) is 0 Å². The molecule has 1 atom stereocenters. The molecule has 1 aromatic carbocycles. The molecule has 0 heterocycles. The molecule has 1 aromatic rings. The number of aliphatic hydroxyl groups is 1. The third-order valence-corrected chi connectivity index (χ3v) is 4.39. The van der Waals surface area contributed by atoms with Gasteiger partial charge in [0.05, 0.1) is 6.10 Å². The molecule has 0 aliphatic carbocycles. The van der Waals surface area contributed by atoms with E-state index in [-0.39, 0.29) is 5.82 Å². The topological polar surface area (TPSA) is 20.2 Å². The second kappa shape index (κ2) is 11.2. The Balaban J connectivity index is 2.11. The number of unbranched alkanes of at least 4 members (excludes halogenated alkanes) is 8. The molecule has 0 saturated heterocycles. The Morgan fingerprint density at radius 3 is 2.19 bits per heavy atom. The molecule has 0 aliphatic rings. The van der Waals surface area contributed by atoms with E-state index in [1.807, 2.05) is 0 Å². The van der Waals surface area contributed by atoms with Crippen molar-refractivity contribution in [1.82, 2.24) is 0 Å². The van der Waals surface area contributed by atoms with Crippen LogP contribution in [0, 0.1) is 5.82 Å². The predicted octanol–water partition coefficient (Wildman–Crippen LogP) is 6.54. The number of halogens is 2. The van der Waals surface area contributed by atoms with Gasteiger partial charge in [-0.3, -0.25) is 0 Å². The van der Waals surface area contributed by atoms with Crippen molar-refractivity contribution in [3.05, 3.63) is 34.1 Å². The SMILES string of the molecule is CCCCCCCCCCCC(O)c1cc(Br)ccc1F. The van der Waals surface area contributed by atoms with Gasteiger partial charge in [0.25, 0.3) is 0 Å². The van der Waals surface area contributed by atoms with Gasteiger partial charge in [-0.05, 0) is 24.6 Å². The molecule has 0 aliphatic heterocycles. The van der Waals surface area contributed by atoms with Gasteiger partial charge in [0.2, 0.25) is 0 Å². The van der Waals surface area contributed by atoms with Gasteiger partial charge in [-0.1, -0.05) is 80.6 Å². The third-order valence-electron chi connectivity index (χ3n) is 3.90. The molecule has 0 bridgehead atoms. The first-order valence-corrected chi connectivity index (χ1v) is 9.07. The summed E-state index contributed by atoms with van der Waals surface area (Å²) in [7, 11) is 0. The zero-order valence-electron chi connectivity index (χ0n) is 13.1. The molecule has 0 radical (unpaired) electrons. The van der Waals surface area contributed by atoms with E-state index in [1.165, 1.54) is 51.0 Å². The van der Waals surface area contributed by atoms with Crippen molar-refractivity contribution in [1.29, 1.82) is 0 Å². The summed E-state index contributed by atoms with van der Waals surface area (Å²) in [6.45, 7) is 2.24. The van der Waals surface area contributed by atoms with Crippen LogP contribution in [0.2, 0.25) is 0 Å². The normalized spacial score (nSPS) is 12.6. The fourth-order valence-electron chi connectivity index (χ4n) is 2.57. The van der Waals surface area contributed by atoms with Crippen LogP contribution in [0.15, 0.2) is 22.7 Å². The van der Waals surface area contributed by atoms with E-state index in [9.17, 15) is 9.50 Å². The highest BCUT2D eigenvalue weighted by Gasteiger charge is 2.12. The number of rotatable bonds is 11. The van der Waals surface area contributed by atoms with Crippen LogP contribution >= 0.6 is 15.9 Å². The Hall–Kier alpha value is -0.410. The van der Waals surface area contributed by atoms with Crippen molar-refractivity contribution < 1.29 is 9.50 Å². The minimum Gasteiger partial charge on any atom is -0.388 e. The first-order valence-electron chi connectivity index (χ1n) is 8.28. The summed E-state index contributed by atoms with van der Waals surface area (Å²) in [6.07, 6.45) is 11.2. The Morgan fingerprint density at radius 1 is 1.00 bits per heavy atom. The summed E-state index contributed by atoms with van der Waals surface area (Å²) in [5, 5.41) is 10.1. The maximum absolute atomic E-state index is 13.6.